The van der Waals surface area contributed by atoms with Crippen LogP contribution in [0.15, 0.2) is 66.9 Å². The number of benzene rings is 2. The summed E-state index contributed by atoms with van der Waals surface area (Å²) in [6.07, 6.45) is 3.71. The van der Waals surface area contributed by atoms with Crippen LogP contribution in [0.1, 0.15) is 30.0 Å². The number of carbonyl (C=O) groups is 1. The average molecular weight is 389 g/mol. The smallest absolute Gasteiger partial charge is 0.322 e. The number of nitrogens with zero attached hydrogens (tertiary/aromatic N) is 2. The first-order valence-electron chi connectivity index (χ1n) is 9.74. The highest BCUT2D eigenvalue weighted by molar-refractivity contribution is 5.90. The minimum Gasteiger partial charge on any atom is -0.457 e. The van der Waals surface area contributed by atoms with Crippen molar-refractivity contribution in [3.63, 3.8) is 0 Å². The number of pyridine rings is 1. The fraction of sp³-hybridized carbons (Fsp3) is 0.217. The number of hydrogen-bond donors (Lipinski definition) is 1. The molecule has 0 spiro atoms. The molecule has 2 atom stereocenters. The fourth-order valence-electron chi connectivity index (χ4n) is 4.35. The van der Waals surface area contributed by atoms with Crippen molar-refractivity contribution in [2.24, 2.45) is 0 Å². The Balaban J connectivity index is 1.30. The van der Waals surface area contributed by atoms with Crippen LogP contribution < -0.4 is 10.1 Å². The third kappa shape index (κ3) is 3.31. The molecule has 1 aromatic heterocycles. The van der Waals surface area contributed by atoms with Crippen LogP contribution in [0.3, 0.4) is 0 Å². The quantitative estimate of drug-likeness (QED) is 0.618. The minimum atomic E-state index is -0.409. The predicted molar refractivity (Wildman–Crippen MR) is 107 cm³/mol. The molecule has 5 rings (SSSR count). The van der Waals surface area contributed by atoms with E-state index in [9.17, 15) is 9.18 Å². The van der Waals surface area contributed by atoms with Gasteiger partial charge in [-0.1, -0.05) is 18.2 Å². The van der Waals surface area contributed by atoms with Crippen LogP contribution in [-0.2, 0) is 6.42 Å². The third-order valence-electron chi connectivity index (χ3n) is 5.66. The van der Waals surface area contributed by atoms with Gasteiger partial charge in [0.1, 0.15) is 11.5 Å². The van der Waals surface area contributed by atoms with E-state index in [4.69, 9.17) is 4.74 Å². The zero-order valence-electron chi connectivity index (χ0n) is 15.7. The number of aromatic nitrogens is 1. The summed E-state index contributed by atoms with van der Waals surface area (Å²) in [5.41, 5.74) is 2.24. The highest BCUT2D eigenvalue weighted by Gasteiger charge is 2.43. The van der Waals surface area contributed by atoms with Crippen molar-refractivity contribution in [2.45, 2.75) is 31.3 Å². The van der Waals surface area contributed by atoms with E-state index in [0.717, 1.165) is 24.2 Å². The van der Waals surface area contributed by atoms with E-state index in [-0.39, 0.29) is 18.1 Å². The van der Waals surface area contributed by atoms with Crippen molar-refractivity contribution >= 4 is 11.7 Å². The molecule has 2 bridgehead atoms. The van der Waals surface area contributed by atoms with E-state index in [1.54, 1.807) is 0 Å². The lowest BCUT2D eigenvalue weighted by Gasteiger charge is -2.36. The standard InChI is InChI=1S/C23H20FN3O2/c24-22-20-14-16-8-11-21(19(20)12-13-25-22)27(16)23(28)26-15-6-9-18(10-7-15)29-17-4-2-1-3-5-17/h1-7,9-10,12-13,16,21H,8,11,14H2,(H,26,28). The van der Waals surface area contributed by atoms with Gasteiger partial charge in [-0.3, -0.25) is 0 Å². The minimum absolute atomic E-state index is 0.00638. The summed E-state index contributed by atoms with van der Waals surface area (Å²) in [7, 11) is 0. The molecule has 2 aliphatic rings. The molecule has 6 heteroatoms. The predicted octanol–water partition coefficient (Wildman–Crippen LogP) is 5.31. The van der Waals surface area contributed by atoms with E-state index in [0.29, 0.717) is 23.4 Å². The molecule has 1 N–H and O–H groups in total. The Morgan fingerprint density at radius 2 is 1.79 bits per heavy atom. The van der Waals surface area contributed by atoms with Crippen molar-refractivity contribution in [3.8, 4) is 11.5 Å². The van der Waals surface area contributed by atoms with Crippen molar-refractivity contribution < 1.29 is 13.9 Å². The first-order valence-corrected chi connectivity index (χ1v) is 9.74. The number of halogens is 1. The first kappa shape index (κ1) is 17.7. The lowest BCUT2D eigenvalue weighted by molar-refractivity contribution is 0.178. The summed E-state index contributed by atoms with van der Waals surface area (Å²) in [5.74, 6) is 1.05. The van der Waals surface area contributed by atoms with Crippen molar-refractivity contribution in [1.29, 1.82) is 0 Å². The molecule has 2 aromatic carbocycles. The summed E-state index contributed by atoms with van der Waals surface area (Å²) in [6, 6.07) is 18.4. The van der Waals surface area contributed by atoms with Crippen molar-refractivity contribution in [2.75, 3.05) is 5.32 Å². The first-order chi connectivity index (χ1) is 14.2. The molecule has 3 heterocycles. The van der Waals surface area contributed by atoms with Gasteiger partial charge in [-0.05, 0) is 67.3 Å². The Labute approximate surface area is 168 Å². The van der Waals surface area contributed by atoms with Crippen LogP contribution in [0.5, 0.6) is 11.5 Å². The molecule has 2 unspecified atom stereocenters. The number of carbonyl (C=O) groups excluding carboxylic acids is 1. The third-order valence-corrected chi connectivity index (χ3v) is 5.66. The summed E-state index contributed by atoms with van der Waals surface area (Å²) >= 11 is 0. The van der Waals surface area contributed by atoms with E-state index in [2.05, 4.69) is 10.3 Å². The molecule has 146 valence electrons. The molecule has 0 saturated carbocycles. The number of amides is 2. The van der Waals surface area contributed by atoms with Gasteiger partial charge in [-0.15, -0.1) is 0 Å². The summed E-state index contributed by atoms with van der Waals surface area (Å²) in [4.78, 5) is 18.6. The maximum atomic E-state index is 14.1. The number of ether oxygens (including phenoxy) is 1. The highest BCUT2D eigenvalue weighted by Crippen LogP contribution is 2.44. The monoisotopic (exact) mass is 389 g/mol. The van der Waals surface area contributed by atoms with Gasteiger partial charge in [0.25, 0.3) is 0 Å². The van der Waals surface area contributed by atoms with Gasteiger partial charge in [0.2, 0.25) is 5.95 Å². The van der Waals surface area contributed by atoms with E-state index in [1.807, 2.05) is 65.6 Å². The largest absolute Gasteiger partial charge is 0.457 e. The number of para-hydroxylation sites is 1. The molecule has 29 heavy (non-hydrogen) atoms. The van der Waals surface area contributed by atoms with Gasteiger partial charge < -0.3 is 15.0 Å². The van der Waals surface area contributed by atoms with Crippen LogP contribution in [-0.4, -0.2) is 22.0 Å². The summed E-state index contributed by atoms with van der Waals surface area (Å²) < 4.78 is 19.9. The second-order valence-corrected chi connectivity index (χ2v) is 7.40. The topological polar surface area (TPSA) is 54.5 Å². The molecule has 2 aliphatic heterocycles. The Hall–Kier alpha value is -3.41. The molecule has 1 fully saturated rings. The van der Waals surface area contributed by atoms with Crippen LogP contribution in [0, 0.1) is 5.95 Å². The van der Waals surface area contributed by atoms with Gasteiger partial charge in [-0.25, -0.2) is 9.78 Å². The van der Waals surface area contributed by atoms with E-state index in [1.165, 1.54) is 6.20 Å². The van der Waals surface area contributed by atoms with Gasteiger partial charge in [-0.2, -0.15) is 4.39 Å². The molecule has 5 nitrogen and oxygen atoms in total. The normalized spacial score (nSPS) is 19.6. The molecule has 1 saturated heterocycles. The number of anilines is 1. The Morgan fingerprint density at radius 1 is 1.03 bits per heavy atom. The SMILES string of the molecule is O=C(Nc1ccc(Oc2ccccc2)cc1)N1C2CCC1c1ccnc(F)c1C2. The van der Waals surface area contributed by atoms with Crippen LogP contribution in [0.25, 0.3) is 0 Å². The number of rotatable bonds is 3. The zero-order valence-corrected chi connectivity index (χ0v) is 15.7. The second-order valence-electron chi connectivity index (χ2n) is 7.40. The summed E-state index contributed by atoms with van der Waals surface area (Å²) in [6.45, 7) is 0. The van der Waals surface area contributed by atoms with E-state index >= 15 is 0 Å². The van der Waals surface area contributed by atoms with E-state index < -0.39 is 5.95 Å². The van der Waals surface area contributed by atoms with Crippen molar-refractivity contribution in [1.82, 2.24) is 9.88 Å². The lowest BCUT2D eigenvalue weighted by Crippen LogP contribution is -2.44. The Bertz CT molecular complexity index is 1040. The summed E-state index contributed by atoms with van der Waals surface area (Å²) in [5, 5.41) is 2.97. The van der Waals surface area contributed by atoms with Gasteiger partial charge in [0.15, 0.2) is 0 Å². The number of fused-ring (bicyclic) bond motifs is 4. The van der Waals surface area contributed by atoms with Gasteiger partial charge >= 0.3 is 6.03 Å². The molecule has 0 radical (unpaired) electrons. The maximum absolute atomic E-state index is 14.1. The van der Waals surface area contributed by atoms with Crippen LogP contribution >= 0.6 is 0 Å². The maximum Gasteiger partial charge on any atom is 0.322 e. The number of urea groups is 1. The molecular weight excluding hydrogens is 369 g/mol. The number of hydrogen-bond acceptors (Lipinski definition) is 3. The fourth-order valence-corrected chi connectivity index (χ4v) is 4.35. The molecular formula is C23H20FN3O2. The lowest BCUT2D eigenvalue weighted by atomic mass is 9.95. The average Bonchev–Trinajstić information content (AvgIpc) is 3.06. The Kier molecular flexibility index (Phi) is 4.39. The Morgan fingerprint density at radius 3 is 2.59 bits per heavy atom. The second kappa shape index (κ2) is 7.20. The highest BCUT2D eigenvalue weighted by atomic mass is 19.1. The van der Waals surface area contributed by atoms with Crippen LogP contribution in [0.4, 0.5) is 14.9 Å². The molecule has 3 aromatic rings. The zero-order chi connectivity index (χ0) is 19.8. The van der Waals surface area contributed by atoms with Crippen molar-refractivity contribution in [3.05, 3.63) is 83.9 Å². The number of nitrogens with one attached hydrogen (secondary N) is 1. The molecule has 0 aliphatic carbocycles. The van der Waals surface area contributed by atoms with Gasteiger partial charge in [0.05, 0.1) is 6.04 Å². The molecule has 2 amide bonds. The van der Waals surface area contributed by atoms with Crippen LogP contribution in [0.2, 0.25) is 0 Å². The van der Waals surface area contributed by atoms with Gasteiger partial charge in [0, 0.05) is 23.5 Å².